The Labute approximate surface area is 690 Å². The van der Waals surface area contributed by atoms with Crippen LogP contribution < -0.4 is 21.3 Å². The summed E-state index contributed by atoms with van der Waals surface area (Å²) >= 11 is 0. The molecule has 7 aromatic rings. The third-order valence-electron chi connectivity index (χ3n) is 17.1. The molecule has 707 valence electrons. The summed E-state index contributed by atoms with van der Waals surface area (Å²) in [4.78, 5) is 67.5. The van der Waals surface area contributed by atoms with Gasteiger partial charge in [-0.05, 0) is 72.8 Å². The molecule has 16 nitrogen and oxygen atoms in total. The number of para-hydroxylation sites is 4. The Morgan fingerprint density at radius 2 is 0.388 bits per heavy atom. The van der Waals surface area contributed by atoms with Crippen molar-refractivity contribution in [3.05, 3.63) is 144 Å². The van der Waals surface area contributed by atoms with E-state index in [9.17, 15) is 195 Å². The topological polar surface area (TPSA) is 211 Å². The Morgan fingerprint density at radius 1 is 0.233 bits per heavy atom. The molecule has 0 spiro atoms. The largest absolute Gasteiger partial charge is 0.462 e. The molecule has 0 saturated heterocycles. The number of aromatic amines is 2. The number of anilines is 4. The molecular weight excluding hydrogens is 1950 g/mol. The molecule has 6 N–H and O–H groups in total. The molecule has 1 radical (unpaired) electrons. The van der Waals surface area contributed by atoms with E-state index in [4.69, 9.17) is 0 Å². The molecule has 2 aliphatic rings. The van der Waals surface area contributed by atoms with Crippen LogP contribution in [0.1, 0.15) is 22.8 Å². The standard InChI is InChI=1S/C68H30F44N8O8.Co/c69-49(57(81,82)83,125-65(105,106)53(73,74)61(93,94)95)45(121)117-29-13-5-1-9-25(29)41-33-17-19-35(113-33)42(26-10-2-6-14-30(26)118-46(122)50(70,58(84,85)86)126-66(107,108)54(75,76)62(96,97)98)37-21-23-39(115-37)44(28-12-4-8-16-32(28)120-48(124)52(72,60(90,91)92)128-68(111,112)56(79,80)64(102,103)104)40-24-22-38(116-40)43(36-20-18-34(41)114-36)27-11-3-7-15-31(27)119-47(123)51(71,59(87,88)89)127-67(109,110)55(77,78)63(99,100)101;/h1-24,113,116H,(H,117,121)(H,118,122)(H,119,123)(H,120,124);. The number of carbonyl (C=O) groups is 4. The smallest absolute Gasteiger partial charge is 0.354 e. The van der Waals surface area contributed by atoms with Crippen LogP contribution in [0.4, 0.5) is 216 Å². The van der Waals surface area contributed by atoms with Crippen molar-refractivity contribution in [2.45, 2.75) is 121 Å². The number of hydrogen-bond acceptors (Lipinski definition) is 10. The van der Waals surface area contributed by atoms with E-state index in [1.165, 1.54) is 0 Å². The molecule has 4 unspecified atom stereocenters. The van der Waals surface area contributed by atoms with Crippen LogP contribution in [-0.2, 0) is 54.9 Å². The predicted molar refractivity (Wildman–Crippen MR) is 343 cm³/mol. The van der Waals surface area contributed by atoms with E-state index in [1.807, 2.05) is 0 Å². The number of rotatable bonds is 24. The summed E-state index contributed by atoms with van der Waals surface area (Å²) in [6.45, 7) is 0. The maximum absolute atomic E-state index is 16.2. The average molecular weight is 1980 g/mol. The van der Waals surface area contributed by atoms with E-state index in [1.54, 1.807) is 0 Å². The number of amides is 4. The monoisotopic (exact) mass is 1980 g/mol. The Bertz CT molecular complexity index is 5060. The first-order valence-corrected chi connectivity index (χ1v) is 32.6. The van der Waals surface area contributed by atoms with E-state index in [-0.39, 0.29) is 41.0 Å². The molecule has 2 aliphatic heterocycles. The summed E-state index contributed by atoms with van der Waals surface area (Å²) in [6.07, 6.45) is -90.5. The number of ether oxygens (including phenoxy) is 4. The SMILES string of the molecule is O=C(Nc1ccccc1-c1c2nc(c(-c3ccccc3NC(=O)C(F)(OC(F)(F)C(F)(F)C(F)(F)F)C(F)(F)F)c3ccc([nH]3)c(-c3ccccc3NC(=O)C(F)(OC(F)(F)C(F)(F)C(F)(F)F)C(F)(F)F)c3nc(c(-c4ccccc4NC(=O)C(F)(OC(F)(F)C(F)(F)C(F)(F)F)C(F)(F)F)c4ccc1[nH]4)C=C3)C=C2)C(F)(OC(F)(F)C(F)(F)C(F)(F)F)C(F)(F)F.[Co]. The molecule has 0 fully saturated rings. The summed E-state index contributed by atoms with van der Waals surface area (Å²) in [5, 5.41) is 3.47. The number of alkyl halides is 44. The van der Waals surface area contributed by atoms with Crippen molar-refractivity contribution in [3.8, 4) is 44.5 Å². The average Bonchev–Trinajstić information content (AvgIpc) is 1.39. The molecule has 5 heterocycles. The third kappa shape index (κ3) is 18.4. The van der Waals surface area contributed by atoms with Crippen LogP contribution in [0.5, 0.6) is 0 Å². The van der Waals surface area contributed by atoms with E-state index >= 15 is 17.6 Å². The molecule has 3 aromatic heterocycles. The predicted octanol–water partition coefficient (Wildman–Crippen LogP) is 23.2. The van der Waals surface area contributed by atoms with Crippen LogP contribution in [0, 0.1) is 0 Å². The first kappa shape index (κ1) is 103. The summed E-state index contributed by atoms with van der Waals surface area (Å²) in [5.74, 6) is -75.9. The van der Waals surface area contributed by atoms with Gasteiger partial charge in [0.25, 0.3) is 23.6 Å². The first-order valence-electron chi connectivity index (χ1n) is 32.6. The Kier molecular flexibility index (Phi) is 26.5. The first-order chi connectivity index (χ1) is 57.7. The van der Waals surface area contributed by atoms with Gasteiger partial charge in [-0.15, -0.1) is 0 Å². The maximum atomic E-state index is 16.2. The minimum atomic E-state index is -7.90. The van der Waals surface area contributed by atoms with Crippen LogP contribution in [0.15, 0.2) is 121 Å². The number of nitrogens with one attached hydrogen (secondary N) is 6. The zero-order valence-electron chi connectivity index (χ0n) is 60.0. The minimum absolute atomic E-state index is 0. The number of H-pyrrole nitrogens is 2. The Morgan fingerprint density at radius 3 is 0.535 bits per heavy atom. The van der Waals surface area contributed by atoms with Gasteiger partial charge in [-0.3, -0.25) is 38.1 Å². The van der Waals surface area contributed by atoms with Crippen LogP contribution >= 0.6 is 0 Å². The van der Waals surface area contributed by atoms with E-state index in [0.717, 1.165) is 21.3 Å². The zero-order valence-corrected chi connectivity index (χ0v) is 61.0. The van der Waals surface area contributed by atoms with Crippen molar-refractivity contribution in [2.75, 3.05) is 21.3 Å². The van der Waals surface area contributed by atoms with Crippen molar-refractivity contribution < 1.29 is 248 Å². The molecule has 4 amide bonds. The summed E-state index contributed by atoms with van der Waals surface area (Å²) in [5.41, 5.74) is -25.5. The maximum Gasteiger partial charge on any atom is 0.462 e. The normalized spacial score (nSPS) is 16.0. The van der Waals surface area contributed by atoms with E-state index < -0.39 is 257 Å². The van der Waals surface area contributed by atoms with Crippen LogP contribution in [0.25, 0.3) is 90.9 Å². The molecule has 129 heavy (non-hydrogen) atoms. The van der Waals surface area contributed by atoms with Gasteiger partial charge in [0, 0.05) is 106 Å². The van der Waals surface area contributed by atoms with Gasteiger partial charge in [0.1, 0.15) is 0 Å². The second-order valence-corrected chi connectivity index (χ2v) is 25.6. The van der Waals surface area contributed by atoms with Gasteiger partial charge in [-0.2, -0.15) is 193 Å². The van der Waals surface area contributed by atoms with Gasteiger partial charge in [-0.25, -0.2) is 9.97 Å². The second-order valence-electron chi connectivity index (χ2n) is 25.6. The van der Waals surface area contributed by atoms with Crippen molar-refractivity contribution in [1.29, 1.82) is 0 Å². The van der Waals surface area contributed by atoms with Crippen LogP contribution in [0.3, 0.4) is 0 Å². The number of nitrogens with zero attached hydrogens (tertiary/aromatic N) is 2. The summed E-state index contributed by atoms with van der Waals surface area (Å²) in [6, 6.07) is 9.02. The van der Waals surface area contributed by atoms with Gasteiger partial charge in [-0.1, -0.05) is 72.8 Å². The molecule has 8 bridgehead atoms. The molecule has 61 heteroatoms. The van der Waals surface area contributed by atoms with E-state index in [2.05, 4.69) is 38.9 Å². The number of halogens is 44. The minimum Gasteiger partial charge on any atom is -0.354 e. The van der Waals surface area contributed by atoms with Gasteiger partial charge >= 0.3 is 121 Å². The number of benzene rings is 4. The number of carbonyl (C=O) groups excluding carboxylic acids is 4. The van der Waals surface area contributed by atoms with Gasteiger partial charge in [0.2, 0.25) is 0 Å². The fraction of sp³-hybridized carbons (Fsp3) is 0.294. The molecule has 9 rings (SSSR count). The van der Waals surface area contributed by atoms with Crippen LogP contribution in [0.2, 0.25) is 0 Å². The van der Waals surface area contributed by atoms with Gasteiger partial charge < -0.3 is 31.2 Å². The van der Waals surface area contributed by atoms with Crippen LogP contribution in [-0.4, -0.2) is 165 Å². The number of hydrogen-bond donors (Lipinski definition) is 6. The fourth-order valence-electron chi connectivity index (χ4n) is 10.9. The second kappa shape index (κ2) is 33.2. The fourth-order valence-corrected chi connectivity index (χ4v) is 10.9. The van der Waals surface area contributed by atoms with Crippen molar-refractivity contribution >= 4 is 92.7 Å². The Hall–Kier alpha value is -11.4. The van der Waals surface area contributed by atoms with Crippen molar-refractivity contribution in [3.63, 3.8) is 0 Å². The number of fused-ring (bicyclic) bond motifs is 8. The molecule has 0 saturated carbocycles. The molecule has 4 aromatic carbocycles. The molecule has 4 atom stereocenters. The van der Waals surface area contributed by atoms with Crippen molar-refractivity contribution in [1.82, 2.24) is 19.9 Å². The molecular formula is C68H30CoF44N8O8. The summed E-state index contributed by atoms with van der Waals surface area (Å²) < 4.78 is 640. The summed E-state index contributed by atoms with van der Waals surface area (Å²) in [7, 11) is 0. The molecule has 0 aliphatic carbocycles. The van der Waals surface area contributed by atoms with Crippen molar-refractivity contribution in [2.24, 2.45) is 0 Å². The zero-order chi connectivity index (χ0) is 97.3. The Balaban J connectivity index is 0.0000206. The van der Waals surface area contributed by atoms with Gasteiger partial charge in [0.05, 0.1) is 22.8 Å². The van der Waals surface area contributed by atoms with Gasteiger partial charge in [0.15, 0.2) is 0 Å². The number of aromatic nitrogens is 4. The quantitative estimate of drug-likeness (QED) is 0.0315. The third-order valence-corrected chi connectivity index (χ3v) is 17.1. The van der Waals surface area contributed by atoms with E-state index in [0.29, 0.717) is 121 Å².